The van der Waals surface area contributed by atoms with Crippen molar-refractivity contribution < 1.29 is 14.3 Å². The van der Waals surface area contributed by atoms with Crippen molar-refractivity contribution in [2.24, 2.45) is 0 Å². The molecule has 0 fully saturated rings. The summed E-state index contributed by atoms with van der Waals surface area (Å²) in [5.74, 6) is -0.984. The molecule has 0 radical (unpaired) electrons. The van der Waals surface area contributed by atoms with Crippen LogP contribution in [0.15, 0.2) is 73.3 Å². The second kappa shape index (κ2) is 7.32. The van der Waals surface area contributed by atoms with Crippen LogP contribution in [0.1, 0.15) is 10.5 Å². The van der Waals surface area contributed by atoms with Gasteiger partial charge in [0.15, 0.2) is 0 Å². The first-order valence-electron chi connectivity index (χ1n) is 8.53. The van der Waals surface area contributed by atoms with Gasteiger partial charge in [0.2, 0.25) is 5.88 Å². The van der Waals surface area contributed by atoms with Gasteiger partial charge in [-0.25, -0.2) is 4.98 Å². The second-order valence-corrected chi connectivity index (χ2v) is 6.02. The van der Waals surface area contributed by atoms with Gasteiger partial charge in [-0.1, -0.05) is 12.1 Å². The van der Waals surface area contributed by atoms with Gasteiger partial charge < -0.3 is 14.5 Å². The number of hydrogen-bond donors (Lipinski definition) is 1. The molecule has 0 saturated carbocycles. The van der Waals surface area contributed by atoms with Crippen LogP contribution >= 0.6 is 0 Å². The number of fused-ring (bicyclic) bond motifs is 1. The molecule has 4 aromatic heterocycles. The molecular weight excluding hydrogens is 356 g/mol. The third-order valence-corrected chi connectivity index (χ3v) is 4.28. The van der Waals surface area contributed by atoms with E-state index in [2.05, 4.69) is 15.3 Å². The molecule has 0 unspecified atom stereocenters. The van der Waals surface area contributed by atoms with E-state index in [1.165, 1.54) is 13.3 Å². The molecule has 0 bridgehead atoms. The fourth-order valence-electron chi connectivity index (χ4n) is 2.97. The van der Waals surface area contributed by atoms with Gasteiger partial charge in [-0.15, -0.1) is 0 Å². The van der Waals surface area contributed by atoms with E-state index in [1.807, 2.05) is 30.3 Å². The molecule has 4 heterocycles. The van der Waals surface area contributed by atoms with Gasteiger partial charge in [0.1, 0.15) is 5.69 Å². The summed E-state index contributed by atoms with van der Waals surface area (Å²) in [6.45, 7) is 0. The number of carbonyl (C=O) groups is 2. The number of carbonyl (C=O) groups excluding carboxylic acids is 2. The standard InChI is InChI=1S/C21H16N4O3/c1-28-18-8-7-15(13-23-18)24-21(27)20(26)19-17(14-5-4-9-22-12-14)11-16-6-2-3-10-25(16)19/h2-13H,1H3,(H,24,27). The number of amides is 1. The van der Waals surface area contributed by atoms with E-state index in [0.29, 0.717) is 17.1 Å². The largest absolute Gasteiger partial charge is 0.481 e. The smallest absolute Gasteiger partial charge is 0.298 e. The Balaban J connectivity index is 1.72. The minimum absolute atomic E-state index is 0.280. The first-order chi connectivity index (χ1) is 13.7. The van der Waals surface area contributed by atoms with Crippen LogP contribution in [0, 0.1) is 0 Å². The number of ketones is 1. The highest BCUT2D eigenvalue weighted by molar-refractivity contribution is 6.47. The van der Waals surface area contributed by atoms with Crippen LogP contribution in [-0.2, 0) is 4.79 Å². The van der Waals surface area contributed by atoms with Crippen molar-refractivity contribution in [1.82, 2.24) is 14.4 Å². The predicted molar refractivity (Wildman–Crippen MR) is 104 cm³/mol. The summed E-state index contributed by atoms with van der Waals surface area (Å²) in [5, 5.41) is 2.59. The number of pyridine rings is 3. The average Bonchev–Trinajstić information content (AvgIpc) is 3.14. The Morgan fingerprint density at radius 1 is 1.07 bits per heavy atom. The molecular formula is C21H16N4O3. The number of ether oxygens (including phenoxy) is 1. The lowest BCUT2D eigenvalue weighted by Crippen LogP contribution is -2.24. The maximum absolute atomic E-state index is 13.0. The minimum Gasteiger partial charge on any atom is -0.481 e. The molecule has 4 rings (SSSR count). The van der Waals surface area contributed by atoms with Crippen molar-refractivity contribution in [3.05, 3.63) is 79.0 Å². The summed E-state index contributed by atoms with van der Waals surface area (Å²) < 4.78 is 6.70. The molecule has 0 aliphatic rings. The Bertz CT molecular complexity index is 1150. The lowest BCUT2D eigenvalue weighted by molar-refractivity contribution is -0.112. The van der Waals surface area contributed by atoms with Crippen molar-refractivity contribution in [3.8, 4) is 17.0 Å². The summed E-state index contributed by atoms with van der Waals surface area (Å²) in [6.07, 6.45) is 6.51. The highest BCUT2D eigenvalue weighted by Crippen LogP contribution is 2.28. The molecule has 4 aromatic rings. The molecule has 7 nitrogen and oxygen atoms in total. The molecule has 138 valence electrons. The molecule has 0 aliphatic carbocycles. The molecule has 0 aromatic carbocycles. The summed E-state index contributed by atoms with van der Waals surface area (Å²) in [5.41, 5.74) is 2.90. The maximum Gasteiger partial charge on any atom is 0.298 e. The van der Waals surface area contributed by atoms with E-state index >= 15 is 0 Å². The number of nitrogens with zero attached hydrogens (tertiary/aromatic N) is 3. The van der Waals surface area contributed by atoms with Crippen LogP contribution in [0.2, 0.25) is 0 Å². The number of nitrogens with one attached hydrogen (secondary N) is 1. The van der Waals surface area contributed by atoms with Gasteiger partial charge in [0.05, 0.1) is 19.0 Å². The Morgan fingerprint density at radius 2 is 1.96 bits per heavy atom. The summed E-state index contributed by atoms with van der Waals surface area (Å²) in [4.78, 5) is 33.8. The molecule has 0 spiro atoms. The summed E-state index contributed by atoms with van der Waals surface area (Å²) in [6, 6.07) is 14.3. The van der Waals surface area contributed by atoms with Gasteiger partial charge in [-0.3, -0.25) is 14.6 Å². The number of rotatable bonds is 5. The lowest BCUT2D eigenvalue weighted by atomic mass is 10.1. The van der Waals surface area contributed by atoms with Crippen LogP contribution in [0.3, 0.4) is 0 Å². The number of anilines is 1. The average molecular weight is 372 g/mol. The quantitative estimate of drug-likeness (QED) is 0.429. The van der Waals surface area contributed by atoms with Crippen LogP contribution in [0.4, 0.5) is 5.69 Å². The van der Waals surface area contributed by atoms with Gasteiger partial charge in [0, 0.05) is 41.3 Å². The second-order valence-electron chi connectivity index (χ2n) is 6.02. The number of methoxy groups -OCH3 is 1. The SMILES string of the molecule is COc1ccc(NC(=O)C(=O)c2c(-c3cccnc3)cc3ccccn23)cn1. The van der Waals surface area contributed by atoms with Gasteiger partial charge in [-0.05, 0) is 30.3 Å². The Hall–Kier alpha value is -4.00. The van der Waals surface area contributed by atoms with E-state index in [4.69, 9.17) is 4.74 Å². The molecule has 28 heavy (non-hydrogen) atoms. The summed E-state index contributed by atoms with van der Waals surface area (Å²) >= 11 is 0. The van der Waals surface area contributed by atoms with Gasteiger partial charge in [-0.2, -0.15) is 0 Å². The zero-order valence-corrected chi connectivity index (χ0v) is 15.0. The third kappa shape index (κ3) is 3.21. The van der Waals surface area contributed by atoms with Crippen LogP contribution in [0.25, 0.3) is 16.6 Å². The maximum atomic E-state index is 13.0. The summed E-state index contributed by atoms with van der Waals surface area (Å²) in [7, 11) is 1.50. The number of aromatic nitrogens is 3. The van der Waals surface area contributed by atoms with Crippen LogP contribution in [-0.4, -0.2) is 33.2 Å². The molecule has 0 atom stereocenters. The molecule has 7 heteroatoms. The van der Waals surface area contributed by atoms with E-state index < -0.39 is 11.7 Å². The van der Waals surface area contributed by atoms with E-state index in [9.17, 15) is 9.59 Å². The van der Waals surface area contributed by atoms with Gasteiger partial charge in [0.25, 0.3) is 11.7 Å². The van der Waals surface area contributed by atoms with Crippen LogP contribution < -0.4 is 10.1 Å². The highest BCUT2D eigenvalue weighted by atomic mass is 16.5. The Morgan fingerprint density at radius 3 is 2.68 bits per heavy atom. The molecule has 1 N–H and O–H groups in total. The Kier molecular flexibility index (Phi) is 4.55. The molecule has 1 amide bonds. The third-order valence-electron chi connectivity index (χ3n) is 4.28. The zero-order valence-electron chi connectivity index (χ0n) is 15.0. The Labute approximate surface area is 160 Å². The number of Topliss-reactive ketones (excluding diaryl/α,β-unsaturated/α-hetero) is 1. The number of hydrogen-bond acceptors (Lipinski definition) is 5. The van der Waals surface area contributed by atoms with Crippen molar-refractivity contribution in [2.75, 3.05) is 12.4 Å². The molecule has 0 aliphatic heterocycles. The monoisotopic (exact) mass is 372 g/mol. The van der Waals surface area contributed by atoms with E-state index in [1.54, 1.807) is 41.2 Å². The fourth-order valence-corrected chi connectivity index (χ4v) is 2.97. The van der Waals surface area contributed by atoms with Crippen molar-refractivity contribution in [1.29, 1.82) is 0 Å². The van der Waals surface area contributed by atoms with E-state index in [-0.39, 0.29) is 5.69 Å². The zero-order chi connectivity index (χ0) is 19.5. The van der Waals surface area contributed by atoms with E-state index in [0.717, 1.165) is 11.1 Å². The minimum atomic E-state index is -0.749. The fraction of sp³-hybridized carbons (Fsp3) is 0.0476. The normalized spacial score (nSPS) is 10.6. The first kappa shape index (κ1) is 17.4. The first-order valence-corrected chi connectivity index (χ1v) is 8.53. The van der Waals surface area contributed by atoms with Gasteiger partial charge >= 0.3 is 0 Å². The van der Waals surface area contributed by atoms with Crippen molar-refractivity contribution in [3.63, 3.8) is 0 Å². The van der Waals surface area contributed by atoms with Crippen molar-refractivity contribution >= 4 is 22.9 Å². The topological polar surface area (TPSA) is 85.6 Å². The lowest BCUT2D eigenvalue weighted by Gasteiger charge is -2.08. The van der Waals surface area contributed by atoms with Crippen molar-refractivity contribution in [2.45, 2.75) is 0 Å². The molecule has 0 saturated heterocycles. The van der Waals surface area contributed by atoms with Crippen LogP contribution in [0.5, 0.6) is 5.88 Å². The highest BCUT2D eigenvalue weighted by Gasteiger charge is 2.25. The predicted octanol–water partition coefficient (Wildman–Crippen LogP) is 3.23.